The highest BCUT2D eigenvalue weighted by Gasteiger charge is 2.24. The SMILES string of the molecule is NCC[C@@H]1CN(C(=O)c2ccc(-c3nc4ccccc4s3)cc2)CCO1. The molecule has 0 unspecified atom stereocenters. The molecular formula is C20H21N3O2S. The molecule has 1 aliphatic rings. The van der Waals surface area contributed by atoms with Gasteiger partial charge in [-0.1, -0.05) is 24.3 Å². The Hall–Kier alpha value is -2.28. The van der Waals surface area contributed by atoms with Crippen molar-refractivity contribution >= 4 is 27.5 Å². The van der Waals surface area contributed by atoms with Crippen LogP contribution in [0.2, 0.25) is 0 Å². The van der Waals surface area contributed by atoms with Crippen molar-refractivity contribution in [2.45, 2.75) is 12.5 Å². The first-order valence-electron chi connectivity index (χ1n) is 8.81. The van der Waals surface area contributed by atoms with Gasteiger partial charge in [-0.05, 0) is 37.2 Å². The molecule has 0 bridgehead atoms. The van der Waals surface area contributed by atoms with Crippen molar-refractivity contribution in [2.24, 2.45) is 5.73 Å². The number of nitrogens with zero attached hydrogens (tertiary/aromatic N) is 2. The number of benzene rings is 2. The van der Waals surface area contributed by atoms with Crippen LogP contribution in [-0.4, -0.2) is 48.1 Å². The highest BCUT2D eigenvalue weighted by molar-refractivity contribution is 7.21. The summed E-state index contributed by atoms with van der Waals surface area (Å²) in [5.41, 5.74) is 8.34. The summed E-state index contributed by atoms with van der Waals surface area (Å²) >= 11 is 1.66. The van der Waals surface area contributed by atoms with Gasteiger partial charge in [0.15, 0.2) is 0 Å². The number of carbonyl (C=O) groups is 1. The maximum absolute atomic E-state index is 12.8. The lowest BCUT2D eigenvalue weighted by atomic mass is 10.1. The molecule has 1 fully saturated rings. The topological polar surface area (TPSA) is 68.5 Å². The summed E-state index contributed by atoms with van der Waals surface area (Å²) < 4.78 is 6.83. The van der Waals surface area contributed by atoms with Gasteiger partial charge in [-0.3, -0.25) is 4.79 Å². The van der Waals surface area contributed by atoms with Crippen LogP contribution in [0, 0.1) is 0 Å². The molecule has 1 amide bonds. The Kier molecular flexibility index (Phi) is 4.97. The highest BCUT2D eigenvalue weighted by atomic mass is 32.1. The number of aromatic nitrogens is 1. The molecule has 1 saturated heterocycles. The van der Waals surface area contributed by atoms with E-state index in [9.17, 15) is 4.79 Å². The van der Waals surface area contributed by atoms with Crippen LogP contribution in [0.1, 0.15) is 16.8 Å². The minimum absolute atomic E-state index is 0.0414. The van der Waals surface area contributed by atoms with Gasteiger partial charge in [-0.2, -0.15) is 0 Å². The van der Waals surface area contributed by atoms with E-state index in [0.717, 1.165) is 22.5 Å². The Bertz CT molecular complexity index is 872. The maximum Gasteiger partial charge on any atom is 0.254 e. The quantitative estimate of drug-likeness (QED) is 0.769. The third-order valence-corrected chi connectivity index (χ3v) is 5.67. The number of amides is 1. The molecule has 0 aliphatic carbocycles. The molecule has 2 heterocycles. The second kappa shape index (κ2) is 7.53. The molecule has 4 rings (SSSR count). The summed E-state index contributed by atoms with van der Waals surface area (Å²) in [7, 11) is 0. The monoisotopic (exact) mass is 367 g/mol. The van der Waals surface area contributed by atoms with E-state index >= 15 is 0 Å². The normalized spacial score (nSPS) is 17.6. The average molecular weight is 367 g/mol. The Morgan fingerprint density at radius 1 is 1.23 bits per heavy atom. The Balaban J connectivity index is 1.51. The van der Waals surface area contributed by atoms with Crippen molar-refractivity contribution in [3.63, 3.8) is 0 Å². The lowest BCUT2D eigenvalue weighted by Gasteiger charge is -2.33. The molecule has 1 aromatic heterocycles. The number of hydrogen-bond donors (Lipinski definition) is 1. The van der Waals surface area contributed by atoms with Gasteiger partial charge in [0.2, 0.25) is 0 Å². The second-order valence-electron chi connectivity index (χ2n) is 6.39. The number of morpholine rings is 1. The predicted molar refractivity (Wildman–Crippen MR) is 104 cm³/mol. The molecule has 2 N–H and O–H groups in total. The lowest BCUT2D eigenvalue weighted by Crippen LogP contribution is -2.46. The van der Waals surface area contributed by atoms with Gasteiger partial charge in [-0.15, -0.1) is 11.3 Å². The Morgan fingerprint density at radius 2 is 2.04 bits per heavy atom. The third-order valence-electron chi connectivity index (χ3n) is 4.59. The van der Waals surface area contributed by atoms with Crippen LogP contribution < -0.4 is 5.73 Å². The molecule has 0 spiro atoms. The van der Waals surface area contributed by atoms with Crippen LogP contribution in [-0.2, 0) is 4.74 Å². The third kappa shape index (κ3) is 3.49. The van der Waals surface area contributed by atoms with E-state index in [0.29, 0.717) is 31.8 Å². The maximum atomic E-state index is 12.8. The highest BCUT2D eigenvalue weighted by Crippen LogP contribution is 2.30. The fourth-order valence-corrected chi connectivity index (χ4v) is 4.17. The number of thiazole rings is 1. The number of rotatable bonds is 4. The first-order valence-corrected chi connectivity index (χ1v) is 9.63. The molecule has 3 aromatic rings. The van der Waals surface area contributed by atoms with E-state index in [2.05, 4.69) is 11.1 Å². The van der Waals surface area contributed by atoms with Gasteiger partial charge >= 0.3 is 0 Å². The van der Waals surface area contributed by atoms with Gasteiger partial charge < -0.3 is 15.4 Å². The largest absolute Gasteiger partial charge is 0.374 e. The summed E-state index contributed by atoms with van der Waals surface area (Å²) in [4.78, 5) is 19.3. The minimum atomic E-state index is 0.0414. The van der Waals surface area contributed by atoms with Crippen molar-refractivity contribution in [2.75, 3.05) is 26.2 Å². The zero-order chi connectivity index (χ0) is 17.9. The standard InChI is InChI=1S/C20H21N3O2S/c21-10-9-16-13-23(11-12-25-16)20(24)15-7-5-14(6-8-15)19-22-17-3-1-2-4-18(17)26-19/h1-8,16H,9-13,21H2/t16-/m1/s1. The van der Waals surface area contributed by atoms with E-state index in [-0.39, 0.29) is 12.0 Å². The molecule has 134 valence electrons. The summed E-state index contributed by atoms with van der Waals surface area (Å²) in [6, 6.07) is 15.8. The number of fused-ring (bicyclic) bond motifs is 1. The van der Waals surface area contributed by atoms with E-state index in [1.807, 2.05) is 47.4 Å². The van der Waals surface area contributed by atoms with E-state index in [1.54, 1.807) is 11.3 Å². The number of hydrogen-bond acceptors (Lipinski definition) is 5. The summed E-state index contributed by atoms with van der Waals surface area (Å²) in [6.07, 6.45) is 0.820. The van der Waals surface area contributed by atoms with Crippen LogP contribution in [0.5, 0.6) is 0 Å². The van der Waals surface area contributed by atoms with Crippen molar-refractivity contribution in [3.05, 3.63) is 54.1 Å². The first kappa shape index (κ1) is 17.1. The van der Waals surface area contributed by atoms with Gasteiger partial charge in [0, 0.05) is 24.2 Å². The molecule has 26 heavy (non-hydrogen) atoms. The van der Waals surface area contributed by atoms with Gasteiger partial charge in [-0.25, -0.2) is 4.98 Å². The predicted octanol–water partition coefficient (Wildman–Crippen LogP) is 3.15. The van der Waals surface area contributed by atoms with Gasteiger partial charge in [0.05, 0.1) is 22.9 Å². The summed E-state index contributed by atoms with van der Waals surface area (Å²) in [5.74, 6) is 0.0474. The molecule has 1 aliphatic heterocycles. The number of carbonyl (C=O) groups excluding carboxylic acids is 1. The minimum Gasteiger partial charge on any atom is -0.374 e. The van der Waals surface area contributed by atoms with E-state index < -0.39 is 0 Å². The van der Waals surface area contributed by atoms with Crippen LogP contribution in [0.15, 0.2) is 48.5 Å². The van der Waals surface area contributed by atoms with Crippen LogP contribution in [0.25, 0.3) is 20.8 Å². The molecule has 6 heteroatoms. The van der Waals surface area contributed by atoms with Crippen molar-refractivity contribution < 1.29 is 9.53 Å². The van der Waals surface area contributed by atoms with Crippen molar-refractivity contribution in [1.29, 1.82) is 0 Å². The van der Waals surface area contributed by atoms with Crippen LogP contribution in [0.4, 0.5) is 0 Å². The molecule has 2 aromatic carbocycles. The fourth-order valence-electron chi connectivity index (χ4n) is 3.20. The van der Waals surface area contributed by atoms with Crippen molar-refractivity contribution in [3.8, 4) is 10.6 Å². The zero-order valence-electron chi connectivity index (χ0n) is 14.4. The van der Waals surface area contributed by atoms with Gasteiger partial charge in [0.25, 0.3) is 5.91 Å². The number of para-hydroxylation sites is 1. The van der Waals surface area contributed by atoms with Gasteiger partial charge in [0.1, 0.15) is 5.01 Å². The van der Waals surface area contributed by atoms with Crippen molar-refractivity contribution in [1.82, 2.24) is 9.88 Å². The molecular weight excluding hydrogens is 346 g/mol. The number of ether oxygens (including phenoxy) is 1. The van der Waals surface area contributed by atoms with Crippen LogP contribution in [0.3, 0.4) is 0 Å². The van der Waals surface area contributed by atoms with Crippen LogP contribution >= 0.6 is 11.3 Å². The van der Waals surface area contributed by atoms with E-state index in [1.165, 1.54) is 4.70 Å². The Morgan fingerprint density at radius 3 is 2.81 bits per heavy atom. The second-order valence-corrected chi connectivity index (χ2v) is 7.42. The molecule has 0 saturated carbocycles. The fraction of sp³-hybridized carbons (Fsp3) is 0.300. The summed E-state index contributed by atoms with van der Waals surface area (Å²) in [5, 5.41) is 0.972. The molecule has 5 nitrogen and oxygen atoms in total. The Labute approximate surface area is 156 Å². The zero-order valence-corrected chi connectivity index (χ0v) is 15.2. The summed E-state index contributed by atoms with van der Waals surface area (Å²) in [6.45, 7) is 2.37. The smallest absolute Gasteiger partial charge is 0.254 e. The van der Waals surface area contributed by atoms with E-state index in [4.69, 9.17) is 10.5 Å². The average Bonchev–Trinajstić information content (AvgIpc) is 3.12. The first-order chi connectivity index (χ1) is 12.7. The number of nitrogens with two attached hydrogens (primary N) is 1. The molecule has 1 atom stereocenters. The lowest BCUT2D eigenvalue weighted by molar-refractivity contribution is -0.0236. The molecule has 0 radical (unpaired) electrons.